The molecule has 3 nitrogen and oxygen atoms in total. The molecule has 2 atom stereocenters. The molecule has 3 heteroatoms. The second-order valence-electron chi connectivity index (χ2n) is 6.22. The highest BCUT2D eigenvalue weighted by molar-refractivity contribution is 5.97. The van der Waals surface area contributed by atoms with Gasteiger partial charge in [-0.25, -0.2) is 0 Å². The zero-order valence-electron chi connectivity index (χ0n) is 11.8. The summed E-state index contributed by atoms with van der Waals surface area (Å²) in [6, 6.07) is 0. The van der Waals surface area contributed by atoms with E-state index in [9.17, 15) is 9.59 Å². The minimum Gasteiger partial charge on any atom is -0.362 e. The average molecular weight is 247 g/mol. The lowest BCUT2D eigenvalue weighted by atomic mass is 9.68. The normalized spacial score (nSPS) is 30.5. The Kier molecular flexibility index (Phi) is 2.96. The van der Waals surface area contributed by atoms with Crippen molar-refractivity contribution in [1.29, 1.82) is 0 Å². The van der Waals surface area contributed by atoms with Crippen molar-refractivity contribution in [2.24, 2.45) is 17.3 Å². The van der Waals surface area contributed by atoms with Crippen LogP contribution in [-0.4, -0.2) is 11.6 Å². The largest absolute Gasteiger partial charge is 0.362 e. The van der Waals surface area contributed by atoms with Gasteiger partial charge in [0.15, 0.2) is 5.78 Å². The Morgan fingerprint density at radius 1 is 1.44 bits per heavy atom. The van der Waals surface area contributed by atoms with E-state index in [1.165, 1.54) is 0 Å². The van der Waals surface area contributed by atoms with E-state index in [2.05, 4.69) is 25.2 Å². The molecule has 0 saturated carbocycles. The van der Waals surface area contributed by atoms with Gasteiger partial charge in [-0.2, -0.15) is 0 Å². The fraction of sp³-hybridized carbons (Fsp3) is 0.600. The van der Waals surface area contributed by atoms with Crippen LogP contribution in [0, 0.1) is 17.3 Å². The van der Waals surface area contributed by atoms with Gasteiger partial charge in [0.2, 0.25) is 0 Å². The minimum absolute atomic E-state index is 0.0152. The molecule has 2 aliphatic rings. The number of carbonyl (C=O) groups excluding carboxylic acids is 2. The van der Waals surface area contributed by atoms with E-state index in [4.69, 9.17) is 0 Å². The molecular formula is C15H21NO2. The van der Waals surface area contributed by atoms with E-state index in [0.29, 0.717) is 6.42 Å². The zero-order valence-corrected chi connectivity index (χ0v) is 11.8. The predicted octanol–water partition coefficient (Wildman–Crippen LogP) is 2.59. The zero-order chi connectivity index (χ0) is 13.7. The summed E-state index contributed by atoms with van der Waals surface area (Å²) in [5, 5.41) is 3.27. The Balaban J connectivity index is 2.50. The monoisotopic (exact) mass is 247 g/mol. The standard InChI is InChI=1S/C15H21NO2/c1-8-13(10(3)17)9(2)16-11-6-15(4,5)7-12(18)14(8)11/h6,8,14,16H,7H2,1-5H3. The molecule has 0 aromatic rings. The topological polar surface area (TPSA) is 46.2 Å². The van der Waals surface area contributed by atoms with Crippen molar-refractivity contribution in [1.82, 2.24) is 5.32 Å². The van der Waals surface area contributed by atoms with Crippen molar-refractivity contribution in [3.63, 3.8) is 0 Å². The Labute approximate surface area is 108 Å². The maximum absolute atomic E-state index is 12.3. The molecule has 0 spiro atoms. The summed E-state index contributed by atoms with van der Waals surface area (Å²) in [6.45, 7) is 9.61. The van der Waals surface area contributed by atoms with Crippen LogP contribution in [0.25, 0.3) is 0 Å². The molecule has 0 amide bonds. The SMILES string of the molecule is CC(=O)C1=C(C)NC2=CC(C)(C)CC(=O)C2C1C. The van der Waals surface area contributed by atoms with Gasteiger partial charge in [0.05, 0.1) is 5.92 Å². The molecule has 0 aromatic heterocycles. The molecule has 1 aliphatic carbocycles. The van der Waals surface area contributed by atoms with Crippen molar-refractivity contribution >= 4 is 11.6 Å². The van der Waals surface area contributed by atoms with Gasteiger partial charge in [0, 0.05) is 29.3 Å². The Hall–Kier alpha value is -1.38. The van der Waals surface area contributed by atoms with Gasteiger partial charge < -0.3 is 5.32 Å². The van der Waals surface area contributed by atoms with Crippen LogP contribution in [0.15, 0.2) is 23.0 Å². The first-order valence-electron chi connectivity index (χ1n) is 6.47. The highest BCUT2D eigenvalue weighted by Crippen LogP contribution is 2.41. The summed E-state index contributed by atoms with van der Waals surface area (Å²) in [5.74, 6) is 0.118. The van der Waals surface area contributed by atoms with Crippen LogP contribution >= 0.6 is 0 Å². The molecule has 1 aliphatic heterocycles. The molecule has 0 saturated heterocycles. The fourth-order valence-electron chi connectivity index (χ4n) is 3.33. The third-order valence-electron chi connectivity index (χ3n) is 3.93. The number of hydrogen-bond acceptors (Lipinski definition) is 3. The number of fused-ring (bicyclic) bond motifs is 1. The predicted molar refractivity (Wildman–Crippen MR) is 70.7 cm³/mol. The van der Waals surface area contributed by atoms with Crippen molar-refractivity contribution in [3.8, 4) is 0 Å². The summed E-state index contributed by atoms with van der Waals surface area (Å²) in [7, 11) is 0. The van der Waals surface area contributed by atoms with Crippen LogP contribution in [-0.2, 0) is 9.59 Å². The third-order valence-corrected chi connectivity index (χ3v) is 3.93. The number of allylic oxidation sites excluding steroid dienone is 4. The average Bonchev–Trinajstić information content (AvgIpc) is 2.11. The number of rotatable bonds is 1. The van der Waals surface area contributed by atoms with E-state index < -0.39 is 0 Å². The van der Waals surface area contributed by atoms with Gasteiger partial charge in [-0.1, -0.05) is 26.8 Å². The van der Waals surface area contributed by atoms with Crippen LogP contribution < -0.4 is 5.32 Å². The van der Waals surface area contributed by atoms with Gasteiger partial charge >= 0.3 is 0 Å². The van der Waals surface area contributed by atoms with Gasteiger partial charge in [0.1, 0.15) is 5.78 Å². The first kappa shape index (κ1) is 13.1. The lowest BCUT2D eigenvalue weighted by molar-refractivity contribution is -0.125. The highest BCUT2D eigenvalue weighted by atomic mass is 16.1. The molecule has 0 bridgehead atoms. The lowest BCUT2D eigenvalue weighted by Gasteiger charge is -2.40. The molecule has 1 heterocycles. The van der Waals surface area contributed by atoms with Crippen LogP contribution in [0.4, 0.5) is 0 Å². The summed E-state index contributed by atoms with van der Waals surface area (Å²) in [5.41, 5.74) is 2.54. The van der Waals surface area contributed by atoms with Crippen molar-refractivity contribution in [2.45, 2.75) is 41.0 Å². The summed E-state index contributed by atoms with van der Waals surface area (Å²) in [6.07, 6.45) is 2.70. The van der Waals surface area contributed by atoms with E-state index in [1.807, 2.05) is 13.8 Å². The quantitative estimate of drug-likeness (QED) is 0.774. The first-order valence-corrected chi connectivity index (χ1v) is 6.47. The maximum atomic E-state index is 12.3. The Bertz CT molecular complexity index is 483. The molecular weight excluding hydrogens is 226 g/mol. The van der Waals surface area contributed by atoms with E-state index >= 15 is 0 Å². The molecule has 2 rings (SSSR count). The summed E-state index contributed by atoms with van der Waals surface area (Å²) in [4.78, 5) is 24.0. The Morgan fingerprint density at radius 3 is 2.61 bits per heavy atom. The van der Waals surface area contributed by atoms with Crippen molar-refractivity contribution in [2.75, 3.05) is 0 Å². The number of Topliss-reactive ketones (excluding diaryl/α,β-unsaturated/α-hetero) is 2. The van der Waals surface area contributed by atoms with Gasteiger partial charge in [-0.3, -0.25) is 9.59 Å². The molecule has 0 aromatic carbocycles. The molecule has 0 radical (unpaired) electrons. The number of ketones is 2. The molecule has 18 heavy (non-hydrogen) atoms. The van der Waals surface area contributed by atoms with Crippen LogP contribution in [0.5, 0.6) is 0 Å². The molecule has 98 valence electrons. The van der Waals surface area contributed by atoms with Crippen molar-refractivity contribution < 1.29 is 9.59 Å². The number of nitrogens with one attached hydrogen (secondary N) is 1. The van der Waals surface area contributed by atoms with Crippen molar-refractivity contribution in [3.05, 3.63) is 23.0 Å². The smallest absolute Gasteiger partial charge is 0.157 e. The molecule has 0 fully saturated rings. The second kappa shape index (κ2) is 4.08. The molecule has 2 unspecified atom stereocenters. The lowest BCUT2D eigenvalue weighted by Crippen LogP contribution is -2.43. The number of hydrogen-bond donors (Lipinski definition) is 1. The second-order valence-corrected chi connectivity index (χ2v) is 6.22. The van der Waals surface area contributed by atoms with Gasteiger partial charge in [-0.05, 0) is 19.3 Å². The van der Waals surface area contributed by atoms with Gasteiger partial charge in [-0.15, -0.1) is 0 Å². The summed E-state index contributed by atoms with van der Waals surface area (Å²) < 4.78 is 0. The number of carbonyl (C=O) groups is 2. The Morgan fingerprint density at radius 2 is 2.06 bits per heavy atom. The van der Waals surface area contributed by atoms with E-state index in [0.717, 1.165) is 17.0 Å². The maximum Gasteiger partial charge on any atom is 0.157 e. The van der Waals surface area contributed by atoms with Crippen LogP contribution in [0.2, 0.25) is 0 Å². The summed E-state index contributed by atoms with van der Waals surface area (Å²) >= 11 is 0. The highest BCUT2D eigenvalue weighted by Gasteiger charge is 2.42. The van der Waals surface area contributed by atoms with Gasteiger partial charge in [0.25, 0.3) is 0 Å². The van der Waals surface area contributed by atoms with Crippen LogP contribution in [0.1, 0.15) is 41.0 Å². The minimum atomic E-state index is -0.166. The first-order chi connectivity index (χ1) is 8.23. The van der Waals surface area contributed by atoms with E-state index in [-0.39, 0.29) is 28.8 Å². The van der Waals surface area contributed by atoms with Crippen LogP contribution in [0.3, 0.4) is 0 Å². The molecule has 1 N–H and O–H groups in total. The fourth-order valence-corrected chi connectivity index (χ4v) is 3.33. The van der Waals surface area contributed by atoms with E-state index in [1.54, 1.807) is 6.92 Å². The third kappa shape index (κ3) is 2.02.